The molecule has 0 fully saturated rings. The number of rotatable bonds is 5. The van der Waals surface area contributed by atoms with E-state index in [1.165, 1.54) is 5.01 Å². The summed E-state index contributed by atoms with van der Waals surface area (Å²) in [4.78, 5) is 25.0. The van der Waals surface area contributed by atoms with Crippen LogP contribution in [-0.2, 0) is 9.59 Å². The van der Waals surface area contributed by atoms with E-state index in [0.29, 0.717) is 6.42 Å². The van der Waals surface area contributed by atoms with Crippen molar-refractivity contribution in [2.24, 2.45) is 5.10 Å². The number of aliphatic carboxylic acids is 1. The molecule has 114 valence electrons. The van der Waals surface area contributed by atoms with Crippen molar-refractivity contribution in [3.8, 4) is 0 Å². The highest BCUT2D eigenvalue weighted by Crippen LogP contribution is 2.36. The van der Waals surface area contributed by atoms with Gasteiger partial charge < -0.3 is 9.90 Å². The molecule has 0 N–H and O–H groups in total. The SMILES string of the molecule is O=C([O-])CCC(=O)N1N=C(c2cccs2)C[C@H]1c1cccs1. The van der Waals surface area contributed by atoms with E-state index in [-0.39, 0.29) is 24.8 Å². The Bertz CT molecular complexity index is 692. The quantitative estimate of drug-likeness (QED) is 0.840. The van der Waals surface area contributed by atoms with Crippen LogP contribution in [0.5, 0.6) is 0 Å². The number of thiophene rings is 2. The molecule has 0 radical (unpaired) electrons. The number of carboxylic acids is 1. The largest absolute Gasteiger partial charge is 0.550 e. The number of carbonyl (C=O) groups is 2. The maximum Gasteiger partial charge on any atom is 0.243 e. The Kier molecular flexibility index (Phi) is 4.35. The second-order valence-electron chi connectivity index (χ2n) is 4.87. The molecule has 0 bridgehead atoms. The Balaban J connectivity index is 1.84. The third-order valence-electron chi connectivity index (χ3n) is 3.39. The number of carboxylic acid groups (broad SMARTS) is 1. The monoisotopic (exact) mass is 333 g/mol. The third-order valence-corrected chi connectivity index (χ3v) is 5.28. The Morgan fingerprint density at radius 3 is 2.64 bits per heavy atom. The van der Waals surface area contributed by atoms with Crippen molar-refractivity contribution >= 4 is 40.3 Å². The minimum absolute atomic E-state index is 0.0918. The second-order valence-corrected chi connectivity index (χ2v) is 6.80. The van der Waals surface area contributed by atoms with Gasteiger partial charge in [0.1, 0.15) is 0 Å². The zero-order chi connectivity index (χ0) is 15.5. The molecular weight excluding hydrogens is 320 g/mol. The standard InChI is InChI=1S/C15H14N2O3S2/c18-14(5-6-15(19)20)17-11(13-4-2-8-22-13)9-10(16-17)12-3-1-7-21-12/h1-4,7-8,11H,5-6,9H2,(H,19,20)/p-1/t11-/m0/s1. The van der Waals surface area contributed by atoms with Gasteiger partial charge in [-0.15, -0.1) is 22.7 Å². The molecule has 0 aromatic carbocycles. The van der Waals surface area contributed by atoms with Crippen LogP contribution in [0.4, 0.5) is 0 Å². The lowest BCUT2D eigenvalue weighted by Gasteiger charge is -2.20. The van der Waals surface area contributed by atoms with Gasteiger partial charge in [-0.1, -0.05) is 12.1 Å². The highest BCUT2D eigenvalue weighted by atomic mass is 32.1. The fourth-order valence-corrected chi connectivity index (χ4v) is 3.89. The lowest BCUT2D eigenvalue weighted by Crippen LogP contribution is -2.29. The van der Waals surface area contributed by atoms with E-state index in [9.17, 15) is 14.7 Å². The van der Waals surface area contributed by atoms with Gasteiger partial charge in [-0.05, 0) is 29.3 Å². The summed E-state index contributed by atoms with van der Waals surface area (Å²) in [6.45, 7) is 0. The molecule has 0 aliphatic carbocycles. The number of hydrazone groups is 1. The maximum atomic E-state index is 12.3. The van der Waals surface area contributed by atoms with E-state index in [4.69, 9.17) is 0 Å². The zero-order valence-corrected chi connectivity index (χ0v) is 13.2. The van der Waals surface area contributed by atoms with Crippen LogP contribution >= 0.6 is 22.7 Å². The fraction of sp³-hybridized carbons (Fsp3) is 0.267. The van der Waals surface area contributed by atoms with Gasteiger partial charge in [0, 0.05) is 23.7 Å². The Labute approximate surface area is 135 Å². The van der Waals surface area contributed by atoms with Crippen LogP contribution in [0.15, 0.2) is 40.1 Å². The number of hydrogen-bond donors (Lipinski definition) is 0. The first-order valence-corrected chi connectivity index (χ1v) is 8.58. The van der Waals surface area contributed by atoms with Gasteiger partial charge in [-0.2, -0.15) is 5.10 Å². The Hall–Kier alpha value is -1.99. The summed E-state index contributed by atoms with van der Waals surface area (Å²) in [5, 5.41) is 20.4. The summed E-state index contributed by atoms with van der Waals surface area (Å²) >= 11 is 3.15. The summed E-state index contributed by atoms with van der Waals surface area (Å²) in [5.74, 6) is -1.50. The van der Waals surface area contributed by atoms with Crippen LogP contribution < -0.4 is 5.11 Å². The van der Waals surface area contributed by atoms with Gasteiger partial charge >= 0.3 is 0 Å². The Morgan fingerprint density at radius 1 is 1.23 bits per heavy atom. The molecule has 1 amide bonds. The molecule has 0 saturated carbocycles. The van der Waals surface area contributed by atoms with Crippen molar-refractivity contribution in [3.63, 3.8) is 0 Å². The van der Waals surface area contributed by atoms with E-state index in [0.717, 1.165) is 15.5 Å². The highest BCUT2D eigenvalue weighted by molar-refractivity contribution is 7.12. The van der Waals surface area contributed by atoms with Crippen LogP contribution in [0.3, 0.4) is 0 Å². The topological polar surface area (TPSA) is 72.8 Å². The molecule has 22 heavy (non-hydrogen) atoms. The van der Waals surface area contributed by atoms with Crippen LogP contribution in [0.2, 0.25) is 0 Å². The molecule has 5 nitrogen and oxygen atoms in total. The lowest BCUT2D eigenvalue weighted by atomic mass is 10.1. The van der Waals surface area contributed by atoms with Crippen LogP contribution in [0.1, 0.15) is 35.1 Å². The van der Waals surface area contributed by atoms with E-state index in [1.807, 2.05) is 35.0 Å². The van der Waals surface area contributed by atoms with Crippen LogP contribution in [0.25, 0.3) is 0 Å². The molecule has 1 aliphatic rings. The minimum Gasteiger partial charge on any atom is -0.550 e. The summed E-state index contributed by atoms with van der Waals surface area (Å²) < 4.78 is 0. The highest BCUT2D eigenvalue weighted by Gasteiger charge is 2.33. The number of hydrogen-bond acceptors (Lipinski definition) is 6. The molecular formula is C15H13N2O3S2-. The average Bonchev–Trinajstić information content (AvgIpc) is 3.23. The van der Waals surface area contributed by atoms with Crippen molar-refractivity contribution in [3.05, 3.63) is 44.8 Å². The first-order valence-electron chi connectivity index (χ1n) is 6.82. The lowest BCUT2D eigenvalue weighted by molar-refractivity contribution is -0.305. The van der Waals surface area contributed by atoms with Gasteiger partial charge in [-0.3, -0.25) is 4.79 Å². The van der Waals surface area contributed by atoms with E-state index in [2.05, 4.69) is 5.10 Å². The molecule has 3 rings (SSSR count). The number of amides is 1. The first kappa shape index (κ1) is 14.9. The van der Waals surface area contributed by atoms with Crippen molar-refractivity contribution in [2.45, 2.75) is 25.3 Å². The average molecular weight is 333 g/mol. The molecule has 0 spiro atoms. The van der Waals surface area contributed by atoms with E-state index >= 15 is 0 Å². The molecule has 7 heteroatoms. The third kappa shape index (κ3) is 3.10. The van der Waals surface area contributed by atoms with Crippen molar-refractivity contribution in [1.82, 2.24) is 5.01 Å². The maximum absolute atomic E-state index is 12.3. The molecule has 0 unspecified atom stereocenters. The van der Waals surface area contributed by atoms with Crippen LogP contribution in [0, 0.1) is 0 Å². The number of nitrogens with zero attached hydrogens (tertiary/aromatic N) is 2. The van der Waals surface area contributed by atoms with Crippen molar-refractivity contribution < 1.29 is 14.7 Å². The number of carbonyl (C=O) groups excluding carboxylic acids is 2. The molecule has 2 aromatic heterocycles. The summed E-state index contributed by atoms with van der Waals surface area (Å²) in [5.41, 5.74) is 0.871. The van der Waals surface area contributed by atoms with Crippen LogP contribution in [-0.4, -0.2) is 22.6 Å². The van der Waals surface area contributed by atoms with E-state index in [1.54, 1.807) is 22.7 Å². The molecule has 0 saturated heterocycles. The summed E-state index contributed by atoms with van der Waals surface area (Å²) in [6.07, 6.45) is 0.278. The van der Waals surface area contributed by atoms with Gasteiger partial charge in [0.25, 0.3) is 0 Å². The van der Waals surface area contributed by atoms with E-state index < -0.39 is 5.97 Å². The van der Waals surface area contributed by atoms with Gasteiger partial charge in [-0.25, -0.2) is 5.01 Å². The molecule has 1 aliphatic heterocycles. The zero-order valence-electron chi connectivity index (χ0n) is 11.6. The van der Waals surface area contributed by atoms with Crippen molar-refractivity contribution in [1.29, 1.82) is 0 Å². The van der Waals surface area contributed by atoms with Gasteiger partial charge in [0.2, 0.25) is 5.91 Å². The predicted molar refractivity (Wildman–Crippen MR) is 83.6 cm³/mol. The molecule has 2 aromatic rings. The predicted octanol–water partition coefficient (Wildman–Crippen LogP) is 2.02. The minimum atomic E-state index is -1.22. The van der Waals surface area contributed by atoms with Gasteiger partial charge in [0.15, 0.2) is 0 Å². The molecule has 3 heterocycles. The second kappa shape index (κ2) is 6.41. The fourth-order valence-electron chi connectivity index (χ4n) is 2.36. The summed E-state index contributed by atoms with van der Waals surface area (Å²) in [7, 11) is 0. The van der Waals surface area contributed by atoms with Crippen molar-refractivity contribution in [2.75, 3.05) is 0 Å². The first-order chi connectivity index (χ1) is 10.6. The normalized spacial score (nSPS) is 17.5. The Morgan fingerprint density at radius 2 is 2.00 bits per heavy atom. The summed E-state index contributed by atoms with van der Waals surface area (Å²) in [6, 6.07) is 7.69. The van der Waals surface area contributed by atoms with Gasteiger partial charge in [0.05, 0.1) is 16.6 Å². The molecule has 1 atom stereocenters. The smallest absolute Gasteiger partial charge is 0.243 e.